The van der Waals surface area contributed by atoms with Crippen molar-refractivity contribution in [1.82, 2.24) is 0 Å². The first-order valence-electron chi connectivity index (χ1n) is 13.6. The molecule has 0 aliphatic carbocycles. The molecule has 0 aliphatic rings. The van der Waals surface area contributed by atoms with E-state index in [9.17, 15) is 4.79 Å². The van der Waals surface area contributed by atoms with Gasteiger partial charge in [-0.3, -0.25) is 0 Å². The summed E-state index contributed by atoms with van der Waals surface area (Å²) < 4.78 is 23.5. The van der Waals surface area contributed by atoms with Crippen LogP contribution in [-0.2, 0) is 9.53 Å². The van der Waals surface area contributed by atoms with Crippen LogP contribution in [0.15, 0.2) is 18.2 Å². The highest BCUT2D eigenvalue weighted by atomic mass is 16.5. The lowest BCUT2D eigenvalue weighted by molar-refractivity contribution is -0.137. The average Bonchev–Trinajstić information content (AvgIpc) is 2.83. The molecular weight excluding hydrogens is 428 g/mol. The van der Waals surface area contributed by atoms with Crippen LogP contribution in [-0.4, -0.2) is 32.4 Å². The first-order chi connectivity index (χ1) is 16.7. The first kappa shape index (κ1) is 29.9. The molecule has 0 radical (unpaired) electrons. The third-order valence-electron chi connectivity index (χ3n) is 5.53. The zero-order chi connectivity index (χ0) is 24.9. The van der Waals surface area contributed by atoms with Crippen LogP contribution in [0.2, 0.25) is 0 Å². The second kappa shape index (κ2) is 20.2. The molecule has 0 atom stereocenters. The maximum absolute atomic E-state index is 11.9. The molecule has 0 unspecified atom stereocenters. The van der Waals surface area contributed by atoms with Gasteiger partial charge in [-0.05, 0) is 38.3 Å². The van der Waals surface area contributed by atoms with Gasteiger partial charge in [0.05, 0.1) is 26.4 Å². The van der Waals surface area contributed by atoms with E-state index in [2.05, 4.69) is 20.8 Å². The molecule has 0 fully saturated rings. The Morgan fingerprint density at radius 2 is 1.12 bits per heavy atom. The van der Waals surface area contributed by atoms with Crippen LogP contribution < -0.4 is 14.2 Å². The van der Waals surface area contributed by atoms with Crippen molar-refractivity contribution in [2.24, 2.45) is 0 Å². The Labute approximate surface area is 208 Å². The standard InChI is InChI=1S/C29H48O5/c1-5-9-12-15-20-32-26-24-28(34-22-17-14-11-7-3)27(33-21-16-13-10-6-2)23-25(26)18-19-29(30)31-8-4/h18-19,23-24H,5-17,20-22H2,1-4H3. The topological polar surface area (TPSA) is 54.0 Å². The summed E-state index contributed by atoms with van der Waals surface area (Å²) in [7, 11) is 0. The van der Waals surface area contributed by atoms with Crippen molar-refractivity contribution in [1.29, 1.82) is 0 Å². The Morgan fingerprint density at radius 1 is 0.647 bits per heavy atom. The van der Waals surface area contributed by atoms with Crippen LogP contribution in [0.5, 0.6) is 17.2 Å². The molecule has 1 aromatic rings. The summed E-state index contributed by atoms with van der Waals surface area (Å²) in [6.45, 7) is 10.7. The maximum atomic E-state index is 11.9. The third kappa shape index (κ3) is 13.5. The van der Waals surface area contributed by atoms with Crippen LogP contribution in [0.3, 0.4) is 0 Å². The van der Waals surface area contributed by atoms with Crippen molar-refractivity contribution in [3.05, 3.63) is 23.8 Å². The molecule has 194 valence electrons. The number of unbranched alkanes of at least 4 members (excludes halogenated alkanes) is 9. The van der Waals surface area contributed by atoms with Gasteiger partial charge >= 0.3 is 5.97 Å². The van der Waals surface area contributed by atoms with Gasteiger partial charge in [0.2, 0.25) is 0 Å². The number of hydrogen-bond acceptors (Lipinski definition) is 5. The predicted octanol–water partition coefficient (Wildman–Crippen LogP) is 8.14. The monoisotopic (exact) mass is 476 g/mol. The van der Waals surface area contributed by atoms with Gasteiger partial charge in [-0.25, -0.2) is 4.79 Å². The number of benzene rings is 1. The molecule has 5 nitrogen and oxygen atoms in total. The minimum Gasteiger partial charge on any atom is -0.493 e. The predicted molar refractivity (Wildman–Crippen MR) is 141 cm³/mol. The van der Waals surface area contributed by atoms with E-state index in [0.29, 0.717) is 43.7 Å². The SMILES string of the molecule is CCCCCCOc1cc(OCCCCCC)c(OCCCCCC)cc1C=CC(=O)OCC. The first-order valence-corrected chi connectivity index (χ1v) is 13.6. The van der Waals surface area contributed by atoms with Gasteiger partial charge in [-0.1, -0.05) is 78.6 Å². The van der Waals surface area contributed by atoms with Crippen molar-refractivity contribution >= 4 is 12.0 Å². The fraction of sp³-hybridized carbons (Fsp3) is 0.690. The molecule has 0 saturated heterocycles. The number of rotatable bonds is 21. The van der Waals surface area contributed by atoms with E-state index >= 15 is 0 Å². The minimum atomic E-state index is -0.366. The lowest BCUT2D eigenvalue weighted by Gasteiger charge is -2.17. The van der Waals surface area contributed by atoms with Gasteiger partial charge in [-0.15, -0.1) is 0 Å². The fourth-order valence-electron chi connectivity index (χ4n) is 3.52. The third-order valence-corrected chi connectivity index (χ3v) is 5.53. The number of carbonyl (C=O) groups is 1. The summed E-state index contributed by atoms with van der Waals surface area (Å²) in [6.07, 6.45) is 16.9. The molecule has 0 heterocycles. The van der Waals surface area contributed by atoms with E-state index in [-0.39, 0.29) is 5.97 Å². The zero-order valence-electron chi connectivity index (χ0n) is 22.2. The lowest BCUT2D eigenvalue weighted by Crippen LogP contribution is -2.05. The smallest absolute Gasteiger partial charge is 0.330 e. The molecule has 0 aliphatic heterocycles. The van der Waals surface area contributed by atoms with Crippen molar-refractivity contribution in [2.45, 2.75) is 105 Å². The van der Waals surface area contributed by atoms with E-state index in [1.807, 2.05) is 12.1 Å². The molecule has 1 rings (SSSR count). The van der Waals surface area contributed by atoms with Gasteiger partial charge in [0.25, 0.3) is 0 Å². The Bertz CT molecular complexity index is 683. The van der Waals surface area contributed by atoms with Crippen LogP contribution >= 0.6 is 0 Å². The second-order valence-corrected chi connectivity index (χ2v) is 8.65. The van der Waals surface area contributed by atoms with Crippen LogP contribution in [0.4, 0.5) is 0 Å². The van der Waals surface area contributed by atoms with Gasteiger partial charge in [0, 0.05) is 17.7 Å². The van der Waals surface area contributed by atoms with Crippen molar-refractivity contribution in [3.8, 4) is 17.2 Å². The molecule has 0 amide bonds. The summed E-state index contributed by atoms with van der Waals surface area (Å²) in [5.74, 6) is 1.76. The van der Waals surface area contributed by atoms with E-state index in [0.717, 1.165) is 44.1 Å². The Morgan fingerprint density at radius 3 is 1.59 bits per heavy atom. The van der Waals surface area contributed by atoms with Gasteiger partial charge in [0.15, 0.2) is 11.5 Å². The molecule has 0 N–H and O–H groups in total. The van der Waals surface area contributed by atoms with E-state index in [1.165, 1.54) is 44.6 Å². The van der Waals surface area contributed by atoms with Crippen LogP contribution in [0, 0.1) is 0 Å². The van der Waals surface area contributed by atoms with Crippen molar-refractivity contribution in [2.75, 3.05) is 26.4 Å². The van der Waals surface area contributed by atoms with Gasteiger partial charge in [-0.2, -0.15) is 0 Å². The van der Waals surface area contributed by atoms with E-state index < -0.39 is 0 Å². The zero-order valence-corrected chi connectivity index (χ0v) is 22.2. The van der Waals surface area contributed by atoms with Gasteiger partial charge < -0.3 is 18.9 Å². The maximum Gasteiger partial charge on any atom is 0.330 e. The fourth-order valence-corrected chi connectivity index (χ4v) is 3.52. The Hall–Kier alpha value is -2.17. The lowest BCUT2D eigenvalue weighted by atomic mass is 10.1. The molecule has 0 saturated carbocycles. The van der Waals surface area contributed by atoms with Gasteiger partial charge in [0.1, 0.15) is 5.75 Å². The number of esters is 1. The summed E-state index contributed by atoms with van der Waals surface area (Å²) in [6, 6.07) is 3.85. The van der Waals surface area contributed by atoms with Crippen molar-refractivity contribution < 1.29 is 23.7 Å². The number of hydrogen-bond donors (Lipinski definition) is 0. The molecule has 1 aromatic carbocycles. The second-order valence-electron chi connectivity index (χ2n) is 8.65. The summed E-state index contributed by atoms with van der Waals surface area (Å²) >= 11 is 0. The highest BCUT2D eigenvalue weighted by Gasteiger charge is 2.13. The molecular formula is C29H48O5. The molecule has 0 bridgehead atoms. The van der Waals surface area contributed by atoms with E-state index in [1.54, 1.807) is 13.0 Å². The largest absolute Gasteiger partial charge is 0.493 e. The average molecular weight is 477 g/mol. The Kier molecular flexibility index (Phi) is 17.8. The molecule has 0 aromatic heterocycles. The van der Waals surface area contributed by atoms with E-state index in [4.69, 9.17) is 18.9 Å². The molecule has 0 spiro atoms. The normalized spacial score (nSPS) is 11.1. The summed E-state index contributed by atoms with van der Waals surface area (Å²) in [5, 5.41) is 0. The molecule has 5 heteroatoms. The highest BCUT2D eigenvalue weighted by molar-refractivity contribution is 5.87. The molecule has 34 heavy (non-hydrogen) atoms. The Balaban J connectivity index is 3.04. The summed E-state index contributed by atoms with van der Waals surface area (Å²) in [5.41, 5.74) is 0.797. The number of ether oxygens (including phenoxy) is 4. The minimum absolute atomic E-state index is 0.348. The summed E-state index contributed by atoms with van der Waals surface area (Å²) in [4.78, 5) is 11.9. The number of carbonyl (C=O) groups excluding carboxylic acids is 1. The van der Waals surface area contributed by atoms with Crippen LogP contribution in [0.25, 0.3) is 6.08 Å². The van der Waals surface area contributed by atoms with Crippen LogP contribution in [0.1, 0.15) is 110 Å². The quantitative estimate of drug-likeness (QED) is 0.102. The van der Waals surface area contributed by atoms with Crippen molar-refractivity contribution in [3.63, 3.8) is 0 Å². The highest BCUT2D eigenvalue weighted by Crippen LogP contribution is 2.36.